The van der Waals surface area contributed by atoms with Crippen molar-refractivity contribution < 1.29 is 4.39 Å². The van der Waals surface area contributed by atoms with Crippen LogP contribution in [0.5, 0.6) is 0 Å². The molecule has 0 unspecified atom stereocenters. The first kappa shape index (κ1) is 19.9. The molecule has 0 aromatic heterocycles. The Balaban J connectivity index is 2.29. The van der Waals surface area contributed by atoms with Crippen LogP contribution in [0.1, 0.15) is 50.3 Å². The minimum absolute atomic E-state index is 0.171. The van der Waals surface area contributed by atoms with Crippen LogP contribution in [-0.4, -0.2) is 0 Å². The monoisotopic (exact) mass is 348 g/mol. The first-order chi connectivity index (χ1) is 12.3. The zero-order valence-electron chi connectivity index (χ0n) is 16.5. The van der Waals surface area contributed by atoms with E-state index in [4.69, 9.17) is 0 Å². The van der Waals surface area contributed by atoms with Crippen LogP contribution in [0.4, 0.5) is 4.39 Å². The lowest BCUT2D eigenvalue weighted by Crippen LogP contribution is -2.00. The molecule has 1 aliphatic carbocycles. The molecule has 0 N–H and O–H groups in total. The second-order valence-corrected chi connectivity index (χ2v) is 7.08. The van der Waals surface area contributed by atoms with E-state index >= 15 is 0 Å². The molecule has 1 aromatic rings. The van der Waals surface area contributed by atoms with E-state index in [0.717, 1.165) is 35.1 Å². The molecule has 0 saturated heterocycles. The van der Waals surface area contributed by atoms with Crippen LogP contribution in [0.2, 0.25) is 0 Å². The van der Waals surface area contributed by atoms with Gasteiger partial charge in [0.05, 0.1) is 0 Å². The Hall–Kier alpha value is -2.41. The molecule has 0 atom stereocenters. The highest BCUT2D eigenvalue weighted by molar-refractivity contribution is 5.62. The number of allylic oxidation sites excluding steroid dienone is 9. The van der Waals surface area contributed by atoms with Crippen LogP contribution >= 0.6 is 0 Å². The molecule has 0 saturated carbocycles. The molecule has 0 aliphatic heterocycles. The van der Waals surface area contributed by atoms with Gasteiger partial charge in [0, 0.05) is 0 Å². The van der Waals surface area contributed by atoms with Gasteiger partial charge in [-0.15, -0.1) is 0 Å². The van der Waals surface area contributed by atoms with Gasteiger partial charge in [-0.1, -0.05) is 67.6 Å². The van der Waals surface area contributed by atoms with Crippen LogP contribution in [0.15, 0.2) is 83.3 Å². The summed E-state index contributed by atoms with van der Waals surface area (Å²) >= 11 is 0. The average Bonchev–Trinajstić information content (AvgIpc) is 2.60. The van der Waals surface area contributed by atoms with Crippen LogP contribution in [0, 0.1) is 6.92 Å². The van der Waals surface area contributed by atoms with Crippen molar-refractivity contribution in [1.82, 2.24) is 0 Å². The molecular weight excluding hydrogens is 319 g/mol. The number of aryl methyl sites for hydroxylation is 2. The van der Waals surface area contributed by atoms with Gasteiger partial charge >= 0.3 is 0 Å². The third-order valence-corrected chi connectivity index (χ3v) is 4.75. The molecule has 2 rings (SSSR count). The maximum atomic E-state index is 14.6. The summed E-state index contributed by atoms with van der Waals surface area (Å²) in [6.45, 7) is 16.1. The zero-order valence-corrected chi connectivity index (χ0v) is 16.5. The molecule has 1 aliphatic rings. The van der Waals surface area contributed by atoms with Crippen molar-refractivity contribution in [2.75, 3.05) is 0 Å². The summed E-state index contributed by atoms with van der Waals surface area (Å²) in [6, 6.07) is 6.51. The van der Waals surface area contributed by atoms with Crippen molar-refractivity contribution >= 4 is 6.08 Å². The second-order valence-electron chi connectivity index (χ2n) is 7.08. The Morgan fingerprint density at radius 3 is 2.50 bits per heavy atom. The molecule has 0 heterocycles. The Labute approximate surface area is 157 Å². The molecule has 0 amide bonds. The summed E-state index contributed by atoms with van der Waals surface area (Å²) in [4.78, 5) is 0. The summed E-state index contributed by atoms with van der Waals surface area (Å²) in [5, 5.41) is 0. The number of hydrogen-bond acceptors (Lipinski definition) is 0. The Bertz CT molecular complexity index is 841. The topological polar surface area (TPSA) is 0 Å². The molecule has 0 fully saturated rings. The SMILES string of the molecule is C=C(C)/C=C\C(=C)C1=C(F)C=C(/C(C)=C/c2ccc(C)cc2CC)CC1. The van der Waals surface area contributed by atoms with Crippen LogP contribution < -0.4 is 0 Å². The van der Waals surface area contributed by atoms with Crippen molar-refractivity contribution in [3.8, 4) is 0 Å². The minimum atomic E-state index is -0.171. The lowest BCUT2D eigenvalue weighted by Gasteiger charge is -2.18. The van der Waals surface area contributed by atoms with Gasteiger partial charge in [-0.2, -0.15) is 0 Å². The van der Waals surface area contributed by atoms with Crippen molar-refractivity contribution in [1.29, 1.82) is 0 Å². The Morgan fingerprint density at radius 1 is 1.15 bits per heavy atom. The molecule has 1 heteroatoms. The van der Waals surface area contributed by atoms with Crippen molar-refractivity contribution in [2.24, 2.45) is 0 Å². The van der Waals surface area contributed by atoms with E-state index in [9.17, 15) is 4.39 Å². The molecule has 0 spiro atoms. The number of rotatable bonds is 6. The lowest BCUT2D eigenvalue weighted by atomic mass is 9.88. The van der Waals surface area contributed by atoms with Gasteiger partial charge in [0.1, 0.15) is 5.83 Å². The van der Waals surface area contributed by atoms with E-state index in [1.807, 2.05) is 19.1 Å². The Kier molecular flexibility index (Phi) is 6.74. The summed E-state index contributed by atoms with van der Waals surface area (Å²) < 4.78 is 14.6. The van der Waals surface area contributed by atoms with Crippen molar-refractivity contribution in [3.63, 3.8) is 0 Å². The van der Waals surface area contributed by atoms with Crippen LogP contribution in [0.25, 0.3) is 6.08 Å². The molecule has 0 nitrogen and oxygen atoms in total. The molecule has 0 radical (unpaired) electrons. The standard InChI is InChI=1S/C25H29F/c1-7-21-14-18(4)9-11-23(21)15-20(6)22-12-13-24(25(26)16-22)19(5)10-8-17(2)3/h8-11,14-16H,2,5,7,12-13H2,1,3-4,6H3/b10-8-,20-15+. The minimum Gasteiger partial charge on any atom is -0.207 e. The normalized spacial score (nSPS) is 15.4. The summed E-state index contributed by atoms with van der Waals surface area (Å²) in [5.74, 6) is -0.171. The fraction of sp³-hybridized carbons (Fsp3) is 0.280. The number of benzene rings is 1. The third-order valence-electron chi connectivity index (χ3n) is 4.75. The van der Waals surface area contributed by atoms with E-state index in [1.54, 1.807) is 6.08 Å². The highest BCUT2D eigenvalue weighted by Crippen LogP contribution is 2.33. The van der Waals surface area contributed by atoms with Gasteiger partial charge in [0.25, 0.3) is 0 Å². The van der Waals surface area contributed by atoms with Gasteiger partial charge in [-0.25, -0.2) is 4.39 Å². The van der Waals surface area contributed by atoms with Crippen LogP contribution in [-0.2, 0) is 6.42 Å². The van der Waals surface area contributed by atoms with E-state index in [2.05, 4.69) is 58.2 Å². The van der Waals surface area contributed by atoms with Gasteiger partial charge in [0.15, 0.2) is 0 Å². The first-order valence-corrected chi connectivity index (χ1v) is 9.22. The van der Waals surface area contributed by atoms with Crippen LogP contribution in [0.3, 0.4) is 0 Å². The highest BCUT2D eigenvalue weighted by Gasteiger charge is 2.16. The number of hydrogen-bond donors (Lipinski definition) is 0. The molecule has 1 aromatic carbocycles. The van der Waals surface area contributed by atoms with Crippen molar-refractivity contribution in [2.45, 2.75) is 47.0 Å². The van der Waals surface area contributed by atoms with Gasteiger partial charge in [-0.3, -0.25) is 0 Å². The quantitative estimate of drug-likeness (QED) is 0.464. The molecule has 0 bridgehead atoms. The van der Waals surface area contributed by atoms with E-state index < -0.39 is 0 Å². The second kappa shape index (κ2) is 8.80. The average molecular weight is 349 g/mol. The predicted molar refractivity (Wildman–Crippen MR) is 113 cm³/mol. The van der Waals surface area contributed by atoms with Gasteiger partial charge in [0.2, 0.25) is 0 Å². The first-order valence-electron chi connectivity index (χ1n) is 9.22. The van der Waals surface area contributed by atoms with E-state index in [1.165, 1.54) is 16.7 Å². The smallest absolute Gasteiger partial charge is 0.127 e. The number of halogens is 1. The fourth-order valence-corrected chi connectivity index (χ4v) is 3.17. The summed E-state index contributed by atoms with van der Waals surface area (Å²) in [6.07, 6.45) is 10.1. The van der Waals surface area contributed by atoms with E-state index in [-0.39, 0.29) is 5.83 Å². The molecule has 26 heavy (non-hydrogen) atoms. The maximum Gasteiger partial charge on any atom is 0.127 e. The lowest BCUT2D eigenvalue weighted by molar-refractivity contribution is 0.636. The van der Waals surface area contributed by atoms with Gasteiger partial charge in [-0.05, 0) is 79.5 Å². The Morgan fingerprint density at radius 2 is 1.88 bits per heavy atom. The summed E-state index contributed by atoms with van der Waals surface area (Å²) in [7, 11) is 0. The van der Waals surface area contributed by atoms with Gasteiger partial charge < -0.3 is 0 Å². The zero-order chi connectivity index (χ0) is 19.3. The molecular formula is C25H29F. The summed E-state index contributed by atoms with van der Waals surface area (Å²) in [5.41, 5.74) is 8.37. The highest BCUT2D eigenvalue weighted by atomic mass is 19.1. The predicted octanol–water partition coefficient (Wildman–Crippen LogP) is 7.59. The third kappa shape index (κ3) is 5.05. The molecule has 136 valence electrons. The fourth-order valence-electron chi connectivity index (χ4n) is 3.17. The maximum absolute atomic E-state index is 14.6. The largest absolute Gasteiger partial charge is 0.207 e. The van der Waals surface area contributed by atoms with Crippen molar-refractivity contribution in [3.05, 3.63) is 100.0 Å². The van der Waals surface area contributed by atoms with E-state index in [0.29, 0.717) is 12.0 Å².